The number of nitrogens with one attached hydrogen (secondary N) is 2. The monoisotopic (exact) mass is 845 g/mol. The maximum atomic E-state index is 10.4. The summed E-state index contributed by atoms with van der Waals surface area (Å²) < 4.78 is 13.9. The number of allylic oxidation sites excluding steroid dienone is 9. The van der Waals surface area contributed by atoms with Crippen LogP contribution in [0.15, 0.2) is 100 Å². The summed E-state index contributed by atoms with van der Waals surface area (Å²) in [6, 6.07) is 2.63. The molecule has 18 atom stereocenters. The molecule has 0 aromatic rings. The fourth-order valence-electron chi connectivity index (χ4n) is 18.0. The van der Waals surface area contributed by atoms with Gasteiger partial charge in [-0.15, -0.1) is 0 Å². The molecule has 3 heterocycles. The molecular formula is C57H72N4O2. The molecular weight excluding hydrogens is 773 g/mol. The van der Waals surface area contributed by atoms with E-state index in [0.29, 0.717) is 53.4 Å². The molecule has 6 heteroatoms. The lowest BCUT2D eigenvalue weighted by molar-refractivity contribution is -0.214. The Hall–Kier alpha value is -3.24. The number of hydrogen-bond donors (Lipinski definition) is 2. The largest absolute Gasteiger partial charge is 0.370 e. The molecule has 0 radical (unpaired) electrons. The van der Waals surface area contributed by atoms with Gasteiger partial charge in [0.05, 0.1) is 36.7 Å². The number of nitriles is 1. The standard InChI is InChI=1S/C57H72N4O2/c58-33-34-21-29-49-46(31-34)57(44-18-8-6-15-41(44)52-40-14-5-4-11-36(40)26-28-45(52)57)47-32-39(27-30-50(47)63-49)35-22-24-38(25-23-35)55-59-54(37-12-2-1-3-13-37)60-56(61-55)43-17-10-20-51-53(43)42-16-7-9-19-48(42)62-51/h7,9-10,16-17,19-22,24,29,31,35,37-39,41-42,44-55,59H,1-6,8,11-15,18,23,25-28,30,32H2,(H,60,61). The van der Waals surface area contributed by atoms with Gasteiger partial charge >= 0.3 is 0 Å². The van der Waals surface area contributed by atoms with Crippen LogP contribution in [0.2, 0.25) is 0 Å². The average Bonchev–Trinajstić information content (AvgIpc) is 3.88. The van der Waals surface area contributed by atoms with Crippen LogP contribution in [0, 0.1) is 87.8 Å². The van der Waals surface area contributed by atoms with E-state index in [9.17, 15) is 5.26 Å². The van der Waals surface area contributed by atoms with Gasteiger partial charge in [0.15, 0.2) is 0 Å². The first-order valence-electron chi connectivity index (χ1n) is 26.5. The van der Waals surface area contributed by atoms with Crippen LogP contribution in [0.1, 0.15) is 128 Å². The molecule has 2 saturated heterocycles. The van der Waals surface area contributed by atoms with Crippen LogP contribution in [0.5, 0.6) is 0 Å². The number of aliphatic imine (C=N–C) groups is 1. The predicted molar refractivity (Wildman–Crippen MR) is 250 cm³/mol. The van der Waals surface area contributed by atoms with E-state index < -0.39 is 0 Å². The van der Waals surface area contributed by atoms with Crippen molar-refractivity contribution in [3.8, 4) is 6.07 Å². The van der Waals surface area contributed by atoms with Gasteiger partial charge in [0.1, 0.15) is 12.0 Å². The number of nitrogens with zero attached hydrogens (tertiary/aromatic N) is 2. The van der Waals surface area contributed by atoms with Crippen LogP contribution < -0.4 is 10.6 Å². The highest BCUT2D eigenvalue weighted by atomic mass is 16.5. The third kappa shape index (κ3) is 6.49. The Bertz CT molecular complexity index is 2140. The Labute approximate surface area is 377 Å². The molecule has 0 aromatic carbocycles. The van der Waals surface area contributed by atoms with E-state index in [-0.39, 0.29) is 36.1 Å². The molecule has 18 unspecified atom stereocenters. The third-order valence-corrected chi connectivity index (χ3v) is 20.4. The maximum absolute atomic E-state index is 10.4. The van der Waals surface area contributed by atoms with Crippen molar-refractivity contribution in [2.45, 2.75) is 165 Å². The van der Waals surface area contributed by atoms with Crippen molar-refractivity contribution in [3.05, 3.63) is 95.2 Å². The van der Waals surface area contributed by atoms with Crippen molar-refractivity contribution in [3.63, 3.8) is 0 Å². The Kier molecular flexibility index (Phi) is 10.3. The lowest BCUT2D eigenvalue weighted by Gasteiger charge is -2.62. The first-order valence-corrected chi connectivity index (χ1v) is 26.5. The van der Waals surface area contributed by atoms with Crippen LogP contribution in [0.25, 0.3) is 0 Å². The smallest absolute Gasteiger partial charge is 0.127 e. The molecule has 332 valence electrons. The SMILES string of the molecule is N#CC1=CC2C(C=C1)OC1CCC(C3C=CC(C4NC(C5=CC=CC6OC7C=CC=CC7C56)=NC(C5CCCCC5)N4)CC3)CC1C21C2CCCCC2C2C3=C(CCCC3)CCC21. The minimum atomic E-state index is 0.0985. The lowest BCUT2D eigenvalue weighted by atomic mass is 9.46. The van der Waals surface area contributed by atoms with E-state index in [1.165, 1.54) is 134 Å². The molecule has 0 aromatic heterocycles. The molecule has 0 bridgehead atoms. The van der Waals surface area contributed by atoms with Gasteiger partial charge < -0.3 is 14.8 Å². The quantitative estimate of drug-likeness (QED) is 0.276. The van der Waals surface area contributed by atoms with Gasteiger partial charge in [-0.3, -0.25) is 5.32 Å². The van der Waals surface area contributed by atoms with Gasteiger partial charge in [-0.25, -0.2) is 4.99 Å². The molecule has 6 nitrogen and oxygen atoms in total. The van der Waals surface area contributed by atoms with Crippen molar-refractivity contribution < 1.29 is 9.47 Å². The summed E-state index contributed by atoms with van der Waals surface area (Å²) in [5, 5.41) is 18.6. The van der Waals surface area contributed by atoms with E-state index >= 15 is 0 Å². The molecule has 4 saturated carbocycles. The van der Waals surface area contributed by atoms with Gasteiger partial charge in [0.25, 0.3) is 0 Å². The maximum Gasteiger partial charge on any atom is 0.127 e. The fraction of sp³-hybridized carbons (Fsp3) is 0.684. The first-order chi connectivity index (χ1) is 31.2. The van der Waals surface area contributed by atoms with Gasteiger partial charge in [-0.1, -0.05) is 110 Å². The second kappa shape index (κ2) is 16.3. The van der Waals surface area contributed by atoms with Gasteiger partial charge in [-0.2, -0.15) is 5.26 Å². The van der Waals surface area contributed by atoms with Crippen molar-refractivity contribution in [2.75, 3.05) is 0 Å². The van der Waals surface area contributed by atoms with Gasteiger partial charge in [0, 0.05) is 34.8 Å². The number of fused-ring (bicyclic) bond motifs is 13. The van der Waals surface area contributed by atoms with E-state index in [4.69, 9.17) is 14.5 Å². The average molecular weight is 845 g/mol. The summed E-state index contributed by atoms with van der Waals surface area (Å²) in [7, 11) is 0. The molecule has 2 N–H and O–H groups in total. The van der Waals surface area contributed by atoms with Crippen LogP contribution in [0.4, 0.5) is 0 Å². The zero-order valence-corrected chi connectivity index (χ0v) is 37.7. The first kappa shape index (κ1) is 40.1. The summed E-state index contributed by atoms with van der Waals surface area (Å²) in [6.45, 7) is 0. The third-order valence-electron chi connectivity index (χ3n) is 20.4. The molecule has 13 aliphatic rings. The molecule has 6 fully saturated rings. The van der Waals surface area contributed by atoms with E-state index in [1.54, 1.807) is 0 Å². The molecule has 3 aliphatic heterocycles. The minimum absolute atomic E-state index is 0.0985. The lowest BCUT2D eigenvalue weighted by Crippen LogP contribution is -2.61. The Balaban J connectivity index is 0.789. The second-order valence-electron chi connectivity index (χ2n) is 22.8. The highest BCUT2D eigenvalue weighted by Crippen LogP contribution is 2.74. The number of amidine groups is 1. The summed E-state index contributed by atoms with van der Waals surface area (Å²) in [4.78, 5) is 5.58. The van der Waals surface area contributed by atoms with Crippen molar-refractivity contribution >= 4 is 5.84 Å². The van der Waals surface area contributed by atoms with E-state index in [1.807, 2.05) is 11.1 Å². The summed E-state index contributed by atoms with van der Waals surface area (Å²) in [5.74, 6) is 8.18. The van der Waals surface area contributed by atoms with E-state index in [2.05, 4.69) is 89.6 Å². The van der Waals surface area contributed by atoms with Gasteiger partial charge in [-0.05, 0) is 155 Å². The molecule has 63 heavy (non-hydrogen) atoms. The zero-order valence-electron chi connectivity index (χ0n) is 37.7. The minimum Gasteiger partial charge on any atom is -0.370 e. The topological polar surface area (TPSA) is 78.7 Å². The highest BCUT2D eigenvalue weighted by Gasteiger charge is 2.70. The Morgan fingerprint density at radius 2 is 1.51 bits per heavy atom. The number of ether oxygens (including phenoxy) is 2. The number of hydrogen-bond acceptors (Lipinski definition) is 6. The van der Waals surface area contributed by atoms with Crippen LogP contribution >= 0.6 is 0 Å². The summed E-state index contributed by atoms with van der Waals surface area (Å²) in [6.07, 6.45) is 55.9. The zero-order chi connectivity index (χ0) is 41.6. The van der Waals surface area contributed by atoms with Crippen molar-refractivity contribution in [2.24, 2.45) is 81.4 Å². The molecule has 10 aliphatic carbocycles. The predicted octanol–water partition coefficient (Wildman–Crippen LogP) is 11.5. The van der Waals surface area contributed by atoms with Gasteiger partial charge in [0.2, 0.25) is 0 Å². The van der Waals surface area contributed by atoms with Crippen molar-refractivity contribution in [1.82, 2.24) is 10.6 Å². The fourth-order valence-corrected chi connectivity index (χ4v) is 18.0. The highest BCUT2D eigenvalue weighted by molar-refractivity contribution is 6.00. The molecule has 13 rings (SSSR count). The molecule has 0 amide bonds. The summed E-state index contributed by atoms with van der Waals surface area (Å²) >= 11 is 0. The van der Waals surface area contributed by atoms with Crippen LogP contribution in [-0.2, 0) is 9.47 Å². The molecule has 1 spiro atoms. The van der Waals surface area contributed by atoms with Crippen LogP contribution in [0.3, 0.4) is 0 Å². The Morgan fingerprint density at radius 1 is 0.667 bits per heavy atom. The summed E-state index contributed by atoms with van der Waals surface area (Å²) in [5.41, 5.74) is 6.29. The van der Waals surface area contributed by atoms with Crippen molar-refractivity contribution in [1.29, 1.82) is 5.26 Å². The Morgan fingerprint density at radius 3 is 2.41 bits per heavy atom. The second-order valence-corrected chi connectivity index (χ2v) is 22.8. The number of rotatable bonds is 4. The normalized spacial score (nSPS) is 48.3. The van der Waals surface area contributed by atoms with Crippen LogP contribution in [-0.4, -0.2) is 42.6 Å². The van der Waals surface area contributed by atoms with E-state index in [0.717, 1.165) is 35.1 Å².